The fraction of sp³-hybridized carbons (Fsp3) is 0.615. The number of fused-ring (bicyclic) bond motifs is 1. The number of hydrogen-bond acceptors (Lipinski definition) is 4. The SMILES string of the molecule is CC1=C[Te](=O)(=O)[C@@]2([C@@H](O)[C@@H]3C=CCCC3)C(=O)N[C@@H]12. The quantitative estimate of drug-likeness (QED) is 0.422. The normalized spacial score (nSPS) is 40.9. The van der Waals surface area contributed by atoms with Crippen molar-refractivity contribution in [2.45, 2.75) is 41.8 Å². The summed E-state index contributed by atoms with van der Waals surface area (Å²) in [5, 5.41) is 13.2. The molecule has 0 radical (unpaired) electrons. The Balaban J connectivity index is 2.04. The molecule has 0 saturated carbocycles. The third kappa shape index (κ3) is 1.54. The van der Waals surface area contributed by atoms with Gasteiger partial charge >= 0.3 is 115 Å². The van der Waals surface area contributed by atoms with Crippen molar-refractivity contribution in [2.75, 3.05) is 0 Å². The minimum atomic E-state index is -5.00. The number of hydrogen-bond donors (Lipinski definition) is 2. The second kappa shape index (κ2) is 4.14. The zero-order chi connectivity index (χ0) is 13.8. The van der Waals surface area contributed by atoms with Gasteiger partial charge in [0.2, 0.25) is 0 Å². The average molecular weight is 379 g/mol. The molecule has 0 spiro atoms. The van der Waals surface area contributed by atoms with E-state index in [1.807, 2.05) is 12.2 Å². The predicted molar refractivity (Wildman–Crippen MR) is 68.0 cm³/mol. The number of β-lactam (4-membered cyclic amide) rings is 1. The number of aliphatic hydroxyl groups excluding tert-OH is 1. The number of amides is 1. The van der Waals surface area contributed by atoms with Gasteiger partial charge in [-0.3, -0.25) is 0 Å². The molecule has 1 amide bonds. The topological polar surface area (TPSA) is 83.5 Å². The fourth-order valence-corrected chi connectivity index (χ4v) is 9.80. The number of aliphatic hydroxyl groups is 1. The van der Waals surface area contributed by atoms with Gasteiger partial charge in [-0.2, -0.15) is 0 Å². The summed E-state index contributed by atoms with van der Waals surface area (Å²) < 4.78 is 24.5. The van der Waals surface area contributed by atoms with Crippen LogP contribution in [0.4, 0.5) is 0 Å². The van der Waals surface area contributed by atoms with Gasteiger partial charge in [-0.15, -0.1) is 0 Å². The number of allylic oxidation sites excluding steroid dienone is 1. The first-order valence-electron chi connectivity index (χ1n) is 6.50. The van der Waals surface area contributed by atoms with Crippen molar-refractivity contribution in [2.24, 2.45) is 5.92 Å². The van der Waals surface area contributed by atoms with E-state index in [-0.39, 0.29) is 5.92 Å². The van der Waals surface area contributed by atoms with Crippen LogP contribution in [0.5, 0.6) is 0 Å². The maximum atomic E-state index is 12.4. The van der Waals surface area contributed by atoms with Gasteiger partial charge in [-0.25, -0.2) is 0 Å². The van der Waals surface area contributed by atoms with E-state index < -0.39 is 39.7 Å². The summed E-state index contributed by atoms with van der Waals surface area (Å²) in [5.41, 5.74) is 0.643. The molecule has 6 heteroatoms. The van der Waals surface area contributed by atoms with Crippen LogP contribution in [0.2, 0.25) is 3.46 Å². The van der Waals surface area contributed by atoms with Crippen molar-refractivity contribution in [1.29, 1.82) is 0 Å². The van der Waals surface area contributed by atoms with E-state index in [1.165, 1.54) is 4.12 Å². The molecule has 3 aliphatic rings. The average Bonchev–Trinajstić information content (AvgIpc) is 2.51. The van der Waals surface area contributed by atoms with Crippen molar-refractivity contribution in [3.05, 3.63) is 21.8 Å². The molecule has 4 atom stereocenters. The van der Waals surface area contributed by atoms with Crippen LogP contribution in [-0.4, -0.2) is 41.3 Å². The molecule has 5 nitrogen and oxygen atoms in total. The van der Waals surface area contributed by atoms with Gasteiger partial charge in [0.15, 0.2) is 0 Å². The fourth-order valence-electron chi connectivity index (χ4n) is 3.45. The van der Waals surface area contributed by atoms with E-state index in [0.717, 1.165) is 19.3 Å². The molecule has 3 rings (SSSR count). The van der Waals surface area contributed by atoms with Crippen LogP contribution >= 0.6 is 0 Å². The molecule has 0 unspecified atom stereocenters. The molecule has 2 aliphatic heterocycles. The predicted octanol–water partition coefficient (Wildman–Crippen LogP) is 0.745. The first-order chi connectivity index (χ1) is 8.91. The number of rotatable bonds is 2. The van der Waals surface area contributed by atoms with Gasteiger partial charge in [0.25, 0.3) is 0 Å². The number of carbonyl (C=O) groups excluding carboxylic acids is 1. The summed E-state index contributed by atoms with van der Waals surface area (Å²) in [6, 6.07) is -0.526. The second-order valence-electron chi connectivity index (χ2n) is 5.57. The molecular formula is C13H17NO4Te. The van der Waals surface area contributed by atoms with E-state index in [4.69, 9.17) is 0 Å². The third-order valence-electron chi connectivity index (χ3n) is 4.46. The van der Waals surface area contributed by atoms with Gasteiger partial charge < -0.3 is 0 Å². The molecular weight excluding hydrogens is 362 g/mol. The summed E-state index contributed by atoms with van der Waals surface area (Å²) in [7, 11) is 0. The van der Waals surface area contributed by atoms with Crippen molar-refractivity contribution in [3.8, 4) is 0 Å². The molecule has 1 fully saturated rings. The second-order valence-corrected chi connectivity index (χ2v) is 11.3. The van der Waals surface area contributed by atoms with Crippen LogP contribution in [-0.2, 0) is 11.0 Å². The Morgan fingerprint density at radius 3 is 2.79 bits per heavy atom. The molecule has 0 bridgehead atoms. The molecule has 104 valence electrons. The molecule has 2 heterocycles. The number of carbonyl (C=O) groups is 1. The Bertz CT molecular complexity index is 592. The van der Waals surface area contributed by atoms with Crippen molar-refractivity contribution in [1.82, 2.24) is 5.32 Å². The monoisotopic (exact) mass is 381 g/mol. The molecule has 2 N–H and O–H groups in total. The zero-order valence-electron chi connectivity index (χ0n) is 10.7. The maximum absolute atomic E-state index is 12.4. The Hall–Kier alpha value is -0.700. The first-order valence-corrected chi connectivity index (χ1v) is 10.9. The van der Waals surface area contributed by atoms with Crippen molar-refractivity contribution >= 4 is 24.1 Å². The van der Waals surface area contributed by atoms with E-state index in [9.17, 15) is 16.1 Å². The van der Waals surface area contributed by atoms with E-state index in [1.54, 1.807) is 6.92 Å². The Morgan fingerprint density at radius 2 is 2.26 bits per heavy atom. The summed E-state index contributed by atoms with van der Waals surface area (Å²) >= 11 is -5.00. The standard InChI is InChI=1S/C13H17NO4Te/c1-8-7-19(17,18)13(10(8)14-12(13)16)11(15)9-5-3-2-4-6-9/h3,5,7,9-11,15H,2,4,6H2,1H3,(H,14,16)/t9-,10+,11+,13+/m1/s1. The van der Waals surface area contributed by atoms with Gasteiger partial charge in [0.1, 0.15) is 0 Å². The van der Waals surface area contributed by atoms with Gasteiger partial charge in [0, 0.05) is 0 Å². The zero-order valence-corrected chi connectivity index (χ0v) is 13.0. The van der Waals surface area contributed by atoms with E-state index in [0.29, 0.717) is 5.57 Å². The third-order valence-corrected chi connectivity index (χ3v) is 11.0. The van der Waals surface area contributed by atoms with E-state index >= 15 is 0 Å². The Morgan fingerprint density at radius 1 is 1.53 bits per heavy atom. The molecule has 1 aliphatic carbocycles. The van der Waals surface area contributed by atoms with Crippen molar-refractivity contribution < 1.29 is 16.1 Å². The van der Waals surface area contributed by atoms with Crippen LogP contribution in [0, 0.1) is 5.92 Å². The molecule has 0 aromatic heterocycles. The van der Waals surface area contributed by atoms with Crippen LogP contribution in [0.3, 0.4) is 0 Å². The Kier molecular flexibility index (Phi) is 2.90. The summed E-state index contributed by atoms with van der Waals surface area (Å²) in [6.45, 7) is 1.70. The number of nitrogens with one attached hydrogen (secondary N) is 1. The van der Waals surface area contributed by atoms with Crippen LogP contribution in [0.25, 0.3) is 0 Å². The van der Waals surface area contributed by atoms with Crippen LogP contribution in [0.15, 0.2) is 21.8 Å². The molecule has 0 aromatic carbocycles. The Labute approximate surface area is 115 Å². The van der Waals surface area contributed by atoms with Gasteiger partial charge in [-0.1, -0.05) is 0 Å². The summed E-state index contributed by atoms with van der Waals surface area (Å²) in [4.78, 5) is 12.0. The first kappa shape index (κ1) is 13.3. The minimum absolute atomic E-state index is 0.241. The molecule has 0 aromatic rings. The summed E-state index contributed by atoms with van der Waals surface area (Å²) in [6.07, 6.45) is 5.29. The van der Waals surface area contributed by atoms with Gasteiger partial charge in [-0.05, 0) is 0 Å². The van der Waals surface area contributed by atoms with Crippen molar-refractivity contribution in [3.63, 3.8) is 0 Å². The molecule has 1 saturated heterocycles. The van der Waals surface area contributed by atoms with E-state index in [2.05, 4.69) is 5.32 Å². The molecule has 19 heavy (non-hydrogen) atoms. The summed E-state index contributed by atoms with van der Waals surface area (Å²) in [5.74, 6) is -0.765. The van der Waals surface area contributed by atoms with Crippen LogP contribution in [0.1, 0.15) is 26.2 Å². The van der Waals surface area contributed by atoms with Gasteiger partial charge in [0.05, 0.1) is 0 Å². The van der Waals surface area contributed by atoms with Crippen LogP contribution < -0.4 is 5.32 Å².